The zero-order chi connectivity index (χ0) is 18.6. The third kappa shape index (κ3) is 4.36. The van der Waals surface area contributed by atoms with Crippen LogP contribution in [0.2, 0.25) is 0 Å². The number of amides is 2. The van der Waals surface area contributed by atoms with Crippen molar-refractivity contribution in [3.05, 3.63) is 46.8 Å². The Labute approximate surface area is 170 Å². The second-order valence-corrected chi connectivity index (χ2v) is 7.19. The van der Waals surface area contributed by atoms with E-state index >= 15 is 0 Å². The van der Waals surface area contributed by atoms with Crippen molar-refractivity contribution in [2.24, 2.45) is 0 Å². The number of carbonyl (C=O) groups is 2. The normalized spacial score (nSPS) is 16.5. The first kappa shape index (κ1) is 20.4. The molecule has 8 heteroatoms. The van der Waals surface area contributed by atoms with Gasteiger partial charge in [0.15, 0.2) is 5.69 Å². The summed E-state index contributed by atoms with van der Waals surface area (Å²) < 4.78 is 0. The second-order valence-electron chi connectivity index (χ2n) is 7.19. The Hall–Kier alpha value is -2.38. The summed E-state index contributed by atoms with van der Waals surface area (Å²) >= 11 is 0. The number of halogens is 1. The highest BCUT2D eigenvalue weighted by Gasteiger charge is 2.22. The van der Waals surface area contributed by atoms with Gasteiger partial charge in [0.25, 0.3) is 11.8 Å². The molecule has 2 aliphatic heterocycles. The molecule has 0 spiro atoms. The lowest BCUT2D eigenvalue weighted by atomic mass is 10.1. The minimum absolute atomic E-state index is 0. The molecule has 3 heterocycles. The van der Waals surface area contributed by atoms with Crippen molar-refractivity contribution in [3.8, 4) is 0 Å². The van der Waals surface area contributed by atoms with Crippen LogP contribution < -0.4 is 10.6 Å². The third-order valence-corrected chi connectivity index (χ3v) is 5.30. The van der Waals surface area contributed by atoms with Crippen LogP contribution in [0.1, 0.15) is 57.8 Å². The fourth-order valence-electron chi connectivity index (χ4n) is 3.76. The lowest BCUT2D eigenvalue weighted by Crippen LogP contribution is -2.31. The molecule has 150 valence electrons. The molecule has 1 aromatic heterocycles. The van der Waals surface area contributed by atoms with Crippen molar-refractivity contribution in [2.45, 2.75) is 38.6 Å². The van der Waals surface area contributed by atoms with E-state index in [1.54, 1.807) is 24.3 Å². The van der Waals surface area contributed by atoms with Crippen molar-refractivity contribution >= 4 is 29.9 Å². The Balaban J connectivity index is 0.00000225. The standard InChI is InChI=1S/C20H25N5O2.ClH/c26-19(18-16-13-21-10-9-17(16)23-24-18)22-15-7-5-14(6-8-15)20(27)25-11-3-1-2-4-12-25;/h5-8,21H,1-4,9-13H2,(H,22,26)(H,23,24);1H. The summed E-state index contributed by atoms with van der Waals surface area (Å²) in [4.78, 5) is 27.1. The number of anilines is 1. The molecule has 4 rings (SSSR count). The molecule has 1 fully saturated rings. The van der Waals surface area contributed by atoms with Gasteiger partial charge in [0.2, 0.25) is 0 Å². The maximum absolute atomic E-state index is 12.7. The van der Waals surface area contributed by atoms with E-state index < -0.39 is 0 Å². The second kappa shape index (κ2) is 9.21. The van der Waals surface area contributed by atoms with Crippen LogP contribution in [0.15, 0.2) is 24.3 Å². The number of fused-ring (bicyclic) bond motifs is 1. The first-order valence-corrected chi connectivity index (χ1v) is 9.70. The van der Waals surface area contributed by atoms with Gasteiger partial charge in [0.05, 0.1) is 0 Å². The van der Waals surface area contributed by atoms with Gasteiger partial charge in [-0.3, -0.25) is 14.7 Å². The van der Waals surface area contributed by atoms with Crippen LogP contribution in [0, 0.1) is 0 Å². The van der Waals surface area contributed by atoms with Crippen LogP contribution in [0.5, 0.6) is 0 Å². The SMILES string of the molecule is Cl.O=C(Nc1ccc(C(=O)N2CCCCCC2)cc1)c1n[nH]c2c1CNCC2. The van der Waals surface area contributed by atoms with Crippen LogP contribution in [0.4, 0.5) is 5.69 Å². The van der Waals surface area contributed by atoms with Gasteiger partial charge in [0, 0.05) is 55.1 Å². The molecule has 2 aliphatic rings. The summed E-state index contributed by atoms with van der Waals surface area (Å²) in [5, 5.41) is 13.3. The highest BCUT2D eigenvalue weighted by molar-refractivity contribution is 6.04. The average molecular weight is 404 g/mol. The number of aromatic amines is 1. The van der Waals surface area contributed by atoms with Crippen LogP contribution in [0.3, 0.4) is 0 Å². The van der Waals surface area contributed by atoms with Crippen molar-refractivity contribution in [1.29, 1.82) is 0 Å². The van der Waals surface area contributed by atoms with E-state index in [4.69, 9.17) is 0 Å². The highest BCUT2D eigenvalue weighted by Crippen LogP contribution is 2.19. The maximum atomic E-state index is 12.7. The molecule has 1 saturated heterocycles. The van der Waals surface area contributed by atoms with Crippen molar-refractivity contribution in [1.82, 2.24) is 20.4 Å². The Morgan fingerprint density at radius 2 is 1.75 bits per heavy atom. The number of H-pyrrole nitrogens is 1. The summed E-state index contributed by atoms with van der Waals surface area (Å²) in [6.07, 6.45) is 5.39. The van der Waals surface area contributed by atoms with E-state index in [0.29, 0.717) is 23.5 Å². The Kier molecular flexibility index (Phi) is 6.70. The molecular formula is C20H26ClN5O2. The number of hydrogen-bond donors (Lipinski definition) is 3. The molecule has 0 aliphatic carbocycles. The minimum atomic E-state index is -0.234. The Morgan fingerprint density at radius 1 is 1.04 bits per heavy atom. The van der Waals surface area contributed by atoms with Crippen LogP contribution in [-0.2, 0) is 13.0 Å². The highest BCUT2D eigenvalue weighted by atomic mass is 35.5. The predicted octanol–water partition coefficient (Wildman–Crippen LogP) is 2.75. The molecule has 0 bridgehead atoms. The van der Waals surface area contributed by atoms with Gasteiger partial charge in [-0.2, -0.15) is 5.10 Å². The molecule has 7 nitrogen and oxygen atoms in total. The summed E-state index contributed by atoms with van der Waals surface area (Å²) in [5.41, 5.74) is 3.72. The van der Waals surface area contributed by atoms with Gasteiger partial charge in [0.1, 0.15) is 0 Å². The summed E-state index contributed by atoms with van der Waals surface area (Å²) in [5.74, 6) is -0.162. The quantitative estimate of drug-likeness (QED) is 0.735. The first-order valence-electron chi connectivity index (χ1n) is 9.70. The molecule has 2 amide bonds. The molecule has 0 radical (unpaired) electrons. The number of nitrogens with zero attached hydrogens (tertiary/aromatic N) is 2. The van der Waals surface area contributed by atoms with E-state index in [0.717, 1.165) is 50.2 Å². The van der Waals surface area contributed by atoms with Crippen molar-refractivity contribution in [2.75, 3.05) is 25.0 Å². The van der Waals surface area contributed by atoms with E-state index in [1.165, 1.54) is 12.8 Å². The summed E-state index contributed by atoms with van der Waals surface area (Å²) in [6, 6.07) is 7.12. The molecular weight excluding hydrogens is 378 g/mol. The number of rotatable bonds is 3. The predicted molar refractivity (Wildman–Crippen MR) is 110 cm³/mol. The van der Waals surface area contributed by atoms with Crippen LogP contribution in [-0.4, -0.2) is 46.5 Å². The number of nitrogens with one attached hydrogen (secondary N) is 3. The van der Waals surface area contributed by atoms with E-state index in [-0.39, 0.29) is 24.2 Å². The zero-order valence-corrected chi connectivity index (χ0v) is 16.6. The number of likely N-dealkylation sites (tertiary alicyclic amines) is 1. The third-order valence-electron chi connectivity index (χ3n) is 5.30. The molecule has 1 aromatic carbocycles. The Morgan fingerprint density at radius 3 is 2.46 bits per heavy atom. The molecule has 28 heavy (non-hydrogen) atoms. The Bertz CT molecular complexity index is 826. The number of hydrogen-bond acceptors (Lipinski definition) is 4. The van der Waals surface area contributed by atoms with Crippen molar-refractivity contribution < 1.29 is 9.59 Å². The minimum Gasteiger partial charge on any atom is -0.339 e. The van der Waals surface area contributed by atoms with Gasteiger partial charge in [-0.15, -0.1) is 12.4 Å². The van der Waals surface area contributed by atoms with E-state index in [2.05, 4.69) is 20.8 Å². The van der Waals surface area contributed by atoms with Gasteiger partial charge in [-0.25, -0.2) is 0 Å². The maximum Gasteiger partial charge on any atom is 0.276 e. The largest absolute Gasteiger partial charge is 0.339 e. The van der Waals surface area contributed by atoms with Crippen LogP contribution in [0.25, 0.3) is 0 Å². The number of benzene rings is 1. The molecule has 0 atom stereocenters. The van der Waals surface area contributed by atoms with E-state index in [9.17, 15) is 9.59 Å². The fourth-order valence-corrected chi connectivity index (χ4v) is 3.76. The number of aromatic nitrogens is 2. The van der Waals surface area contributed by atoms with Crippen LogP contribution >= 0.6 is 12.4 Å². The molecule has 3 N–H and O–H groups in total. The molecule has 0 saturated carbocycles. The number of carbonyl (C=O) groups excluding carboxylic acids is 2. The first-order chi connectivity index (χ1) is 13.2. The molecule has 0 unspecified atom stereocenters. The average Bonchev–Trinajstić information content (AvgIpc) is 2.94. The summed E-state index contributed by atoms with van der Waals surface area (Å²) in [7, 11) is 0. The lowest BCUT2D eigenvalue weighted by Gasteiger charge is -2.20. The van der Waals surface area contributed by atoms with Gasteiger partial charge in [-0.05, 0) is 37.1 Å². The molecule has 2 aromatic rings. The van der Waals surface area contributed by atoms with Gasteiger partial charge in [-0.1, -0.05) is 12.8 Å². The van der Waals surface area contributed by atoms with E-state index in [1.807, 2.05) is 4.90 Å². The smallest absolute Gasteiger partial charge is 0.276 e. The van der Waals surface area contributed by atoms with Gasteiger partial charge < -0.3 is 15.5 Å². The zero-order valence-electron chi connectivity index (χ0n) is 15.8. The van der Waals surface area contributed by atoms with Crippen molar-refractivity contribution in [3.63, 3.8) is 0 Å². The summed E-state index contributed by atoms with van der Waals surface area (Å²) in [6.45, 7) is 3.20. The monoisotopic (exact) mass is 403 g/mol. The lowest BCUT2D eigenvalue weighted by molar-refractivity contribution is 0.0761. The topological polar surface area (TPSA) is 90.1 Å². The van der Waals surface area contributed by atoms with Gasteiger partial charge >= 0.3 is 0 Å². The fraction of sp³-hybridized carbons (Fsp3) is 0.450.